The summed E-state index contributed by atoms with van der Waals surface area (Å²) in [5, 5.41) is 9.68. The third-order valence-corrected chi connectivity index (χ3v) is 3.29. The molecular weight excluding hydrogens is 164 g/mol. The molecule has 2 nitrogen and oxygen atoms in total. The highest BCUT2D eigenvalue weighted by Crippen LogP contribution is 2.35. The molecule has 2 atom stereocenters. The van der Waals surface area contributed by atoms with Crippen LogP contribution in [-0.2, 0) is 4.74 Å². The highest BCUT2D eigenvalue weighted by atomic mass is 16.5. The van der Waals surface area contributed by atoms with Crippen molar-refractivity contribution in [3.05, 3.63) is 0 Å². The Morgan fingerprint density at radius 1 is 1.31 bits per heavy atom. The van der Waals surface area contributed by atoms with E-state index in [4.69, 9.17) is 4.74 Å². The van der Waals surface area contributed by atoms with Crippen LogP contribution >= 0.6 is 0 Å². The molecule has 1 saturated carbocycles. The molecule has 1 heterocycles. The van der Waals surface area contributed by atoms with E-state index in [1.54, 1.807) is 0 Å². The highest BCUT2D eigenvalue weighted by Gasteiger charge is 2.29. The van der Waals surface area contributed by atoms with Gasteiger partial charge in [0.1, 0.15) is 0 Å². The van der Waals surface area contributed by atoms with Crippen molar-refractivity contribution in [2.75, 3.05) is 13.2 Å². The lowest BCUT2D eigenvalue weighted by atomic mass is 9.94. The van der Waals surface area contributed by atoms with Crippen molar-refractivity contribution in [2.45, 2.75) is 44.6 Å². The molecule has 0 spiro atoms. The van der Waals surface area contributed by atoms with Crippen LogP contribution in [0.5, 0.6) is 0 Å². The minimum atomic E-state index is -0.0121. The molecule has 0 bridgehead atoms. The molecule has 1 aliphatic heterocycles. The van der Waals surface area contributed by atoms with Crippen molar-refractivity contribution >= 4 is 0 Å². The second-order valence-electron chi connectivity index (χ2n) is 4.57. The van der Waals surface area contributed by atoms with Crippen molar-refractivity contribution < 1.29 is 9.84 Å². The SMILES string of the molecule is OC(CCC1CCCOC1)C1CC1. The Morgan fingerprint density at radius 3 is 2.77 bits per heavy atom. The number of hydrogen-bond donors (Lipinski definition) is 1. The smallest absolute Gasteiger partial charge is 0.0568 e. The van der Waals surface area contributed by atoms with E-state index in [-0.39, 0.29) is 6.10 Å². The van der Waals surface area contributed by atoms with Gasteiger partial charge in [-0.1, -0.05) is 0 Å². The Bertz CT molecular complexity index is 148. The van der Waals surface area contributed by atoms with Crippen LogP contribution < -0.4 is 0 Å². The Morgan fingerprint density at radius 2 is 2.15 bits per heavy atom. The van der Waals surface area contributed by atoms with Gasteiger partial charge in [0.25, 0.3) is 0 Å². The van der Waals surface area contributed by atoms with Gasteiger partial charge in [-0.15, -0.1) is 0 Å². The summed E-state index contributed by atoms with van der Waals surface area (Å²) in [5.74, 6) is 1.37. The summed E-state index contributed by atoms with van der Waals surface area (Å²) in [4.78, 5) is 0. The first-order valence-corrected chi connectivity index (χ1v) is 5.62. The third-order valence-electron chi connectivity index (χ3n) is 3.29. The first kappa shape index (κ1) is 9.47. The zero-order valence-electron chi connectivity index (χ0n) is 8.24. The van der Waals surface area contributed by atoms with Crippen molar-refractivity contribution in [1.82, 2.24) is 0 Å². The molecule has 0 amide bonds. The van der Waals surface area contributed by atoms with Gasteiger partial charge in [0.15, 0.2) is 0 Å². The molecule has 0 radical (unpaired) electrons. The van der Waals surface area contributed by atoms with Crippen LogP contribution in [-0.4, -0.2) is 24.4 Å². The summed E-state index contributed by atoms with van der Waals surface area (Å²) in [7, 11) is 0. The number of aliphatic hydroxyl groups excluding tert-OH is 1. The molecule has 2 heteroatoms. The maximum absolute atomic E-state index is 9.68. The normalized spacial score (nSPS) is 31.6. The molecule has 2 aliphatic rings. The Labute approximate surface area is 80.3 Å². The summed E-state index contributed by atoms with van der Waals surface area (Å²) in [6.45, 7) is 1.87. The predicted molar refractivity (Wildman–Crippen MR) is 51.5 cm³/mol. The molecule has 2 unspecified atom stereocenters. The number of rotatable bonds is 4. The van der Waals surface area contributed by atoms with Crippen LogP contribution in [0.15, 0.2) is 0 Å². The maximum atomic E-state index is 9.68. The quantitative estimate of drug-likeness (QED) is 0.723. The van der Waals surface area contributed by atoms with E-state index in [2.05, 4.69) is 0 Å². The molecule has 0 aromatic heterocycles. The third kappa shape index (κ3) is 2.96. The minimum Gasteiger partial charge on any atom is -0.393 e. The Balaban J connectivity index is 1.60. The van der Waals surface area contributed by atoms with E-state index in [0.717, 1.165) is 32.0 Å². The van der Waals surface area contributed by atoms with E-state index in [9.17, 15) is 5.11 Å². The molecule has 0 aromatic rings. The minimum absolute atomic E-state index is 0.0121. The monoisotopic (exact) mass is 184 g/mol. The number of hydrogen-bond acceptors (Lipinski definition) is 2. The number of ether oxygens (including phenoxy) is 1. The highest BCUT2D eigenvalue weighted by molar-refractivity contribution is 4.81. The van der Waals surface area contributed by atoms with Crippen LogP contribution in [0.1, 0.15) is 38.5 Å². The second-order valence-corrected chi connectivity index (χ2v) is 4.57. The van der Waals surface area contributed by atoms with Crippen LogP contribution in [0.4, 0.5) is 0 Å². The van der Waals surface area contributed by atoms with E-state index < -0.39 is 0 Å². The van der Waals surface area contributed by atoms with Crippen LogP contribution in [0.2, 0.25) is 0 Å². The summed E-state index contributed by atoms with van der Waals surface area (Å²) < 4.78 is 5.41. The van der Waals surface area contributed by atoms with Crippen LogP contribution in [0.3, 0.4) is 0 Å². The van der Waals surface area contributed by atoms with Crippen molar-refractivity contribution in [3.8, 4) is 0 Å². The van der Waals surface area contributed by atoms with Gasteiger partial charge in [0.05, 0.1) is 6.10 Å². The summed E-state index contributed by atoms with van der Waals surface area (Å²) in [5.41, 5.74) is 0. The first-order valence-electron chi connectivity index (χ1n) is 5.62. The fourth-order valence-corrected chi connectivity index (χ4v) is 2.16. The van der Waals surface area contributed by atoms with Gasteiger partial charge in [0.2, 0.25) is 0 Å². The largest absolute Gasteiger partial charge is 0.393 e. The molecular formula is C11H20O2. The lowest BCUT2D eigenvalue weighted by Crippen LogP contribution is -2.19. The lowest BCUT2D eigenvalue weighted by molar-refractivity contribution is 0.0422. The molecule has 0 aromatic carbocycles. The van der Waals surface area contributed by atoms with Crippen LogP contribution in [0, 0.1) is 11.8 Å². The standard InChI is InChI=1S/C11H20O2/c12-11(10-4-5-10)6-3-9-2-1-7-13-8-9/h9-12H,1-8H2. The summed E-state index contributed by atoms with van der Waals surface area (Å²) in [6, 6.07) is 0. The fraction of sp³-hybridized carbons (Fsp3) is 1.00. The molecule has 13 heavy (non-hydrogen) atoms. The molecule has 2 rings (SSSR count). The summed E-state index contributed by atoms with van der Waals surface area (Å²) >= 11 is 0. The fourth-order valence-electron chi connectivity index (χ4n) is 2.16. The zero-order chi connectivity index (χ0) is 9.10. The van der Waals surface area contributed by atoms with Gasteiger partial charge in [-0.3, -0.25) is 0 Å². The van der Waals surface area contributed by atoms with Gasteiger partial charge in [0, 0.05) is 13.2 Å². The van der Waals surface area contributed by atoms with Gasteiger partial charge < -0.3 is 9.84 Å². The molecule has 76 valence electrons. The average Bonchev–Trinajstić information content (AvgIpc) is 2.99. The van der Waals surface area contributed by atoms with Crippen LogP contribution in [0.25, 0.3) is 0 Å². The van der Waals surface area contributed by atoms with Gasteiger partial charge in [-0.2, -0.15) is 0 Å². The van der Waals surface area contributed by atoms with Gasteiger partial charge in [-0.25, -0.2) is 0 Å². The lowest BCUT2D eigenvalue weighted by Gasteiger charge is -2.22. The first-order chi connectivity index (χ1) is 6.36. The molecule has 2 fully saturated rings. The Hall–Kier alpha value is -0.0800. The number of aliphatic hydroxyl groups is 1. The second kappa shape index (κ2) is 4.43. The molecule has 1 saturated heterocycles. The van der Waals surface area contributed by atoms with E-state index in [1.807, 2.05) is 0 Å². The van der Waals surface area contributed by atoms with E-state index in [0.29, 0.717) is 5.92 Å². The Kier molecular flexibility index (Phi) is 3.23. The zero-order valence-corrected chi connectivity index (χ0v) is 8.24. The maximum Gasteiger partial charge on any atom is 0.0568 e. The van der Waals surface area contributed by atoms with Crippen molar-refractivity contribution in [1.29, 1.82) is 0 Å². The van der Waals surface area contributed by atoms with E-state index in [1.165, 1.54) is 25.7 Å². The van der Waals surface area contributed by atoms with Crippen molar-refractivity contribution in [2.24, 2.45) is 11.8 Å². The summed E-state index contributed by atoms with van der Waals surface area (Å²) in [6.07, 6.45) is 7.17. The van der Waals surface area contributed by atoms with Gasteiger partial charge >= 0.3 is 0 Å². The van der Waals surface area contributed by atoms with E-state index >= 15 is 0 Å². The van der Waals surface area contributed by atoms with Crippen molar-refractivity contribution in [3.63, 3.8) is 0 Å². The predicted octanol–water partition coefficient (Wildman–Crippen LogP) is 1.96. The topological polar surface area (TPSA) is 29.5 Å². The van der Waals surface area contributed by atoms with Gasteiger partial charge in [-0.05, 0) is 50.4 Å². The average molecular weight is 184 g/mol. The molecule has 1 N–H and O–H groups in total. The molecule has 1 aliphatic carbocycles.